The molecular weight excluding hydrogens is 492 g/mol. The van der Waals surface area contributed by atoms with Crippen molar-refractivity contribution in [3.05, 3.63) is 36.0 Å². The number of nitrogens with one attached hydrogen (secondary N) is 3. The lowest BCUT2D eigenvalue weighted by atomic mass is 9.93. The number of hydrogen-bond donors (Lipinski definition) is 7. The van der Waals surface area contributed by atoms with Crippen molar-refractivity contribution in [3.63, 3.8) is 0 Å². The molecule has 2 heterocycles. The van der Waals surface area contributed by atoms with Crippen LogP contribution in [0.15, 0.2) is 35.5 Å². The number of aliphatic hydroxyl groups excluding tert-OH is 3. The van der Waals surface area contributed by atoms with E-state index in [1.54, 1.807) is 31.3 Å². The maximum Gasteiger partial charge on any atom is 0.259 e. The van der Waals surface area contributed by atoms with Crippen LogP contribution in [0.2, 0.25) is 0 Å². The Bertz CT molecular complexity index is 1090. The van der Waals surface area contributed by atoms with Gasteiger partial charge < -0.3 is 36.6 Å². The first-order chi connectivity index (χ1) is 17.8. The number of nitrogens with zero attached hydrogens (tertiary/aromatic N) is 2. The van der Waals surface area contributed by atoms with Crippen molar-refractivity contribution in [2.45, 2.75) is 49.6 Å². The smallest absolute Gasteiger partial charge is 0.259 e. The van der Waals surface area contributed by atoms with Crippen LogP contribution in [-0.4, -0.2) is 71.2 Å². The molecule has 1 saturated heterocycles. The van der Waals surface area contributed by atoms with E-state index < -0.39 is 5.54 Å². The molecule has 1 aromatic heterocycles. The summed E-state index contributed by atoms with van der Waals surface area (Å²) in [6.45, 7) is 3.80. The Morgan fingerprint density at radius 2 is 1.92 bits per heavy atom. The minimum absolute atomic E-state index is 0.0322. The van der Waals surface area contributed by atoms with Crippen LogP contribution in [0.3, 0.4) is 0 Å². The molecule has 1 spiro atoms. The highest BCUT2D eigenvalue weighted by molar-refractivity contribution is 7.97. The summed E-state index contributed by atoms with van der Waals surface area (Å²) in [6, 6.07) is 7.09. The normalized spacial score (nSPS) is 17.9. The molecule has 1 unspecified atom stereocenters. The number of aromatic nitrogens is 1. The summed E-state index contributed by atoms with van der Waals surface area (Å²) in [5.74, 6) is -0.273. The Labute approximate surface area is 222 Å². The van der Waals surface area contributed by atoms with E-state index in [1.165, 1.54) is 24.8 Å². The van der Waals surface area contributed by atoms with Crippen molar-refractivity contribution < 1.29 is 20.1 Å². The lowest BCUT2D eigenvalue weighted by Crippen LogP contribution is -2.40. The van der Waals surface area contributed by atoms with Crippen LogP contribution in [-0.2, 0) is 0 Å². The van der Waals surface area contributed by atoms with Crippen LogP contribution in [0.4, 0.5) is 22.7 Å². The highest BCUT2D eigenvalue weighted by Crippen LogP contribution is 2.54. The molecule has 1 aliphatic carbocycles. The summed E-state index contributed by atoms with van der Waals surface area (Å²) < 4.78 is 3.07. The molecule has 1 aromatic carbocycles. The van der Waals surface area contributed by atoms with Crippen molar-refractivity contribution in [1.82, 2.24) is 9.71 Å². The maximum absolute atomic E-state index is 13.5. The monoisotopic (exact) mass is 530 g/mol. The summed E-state index contributed by atoms with van der Waals surface area (Å²) in [7, 11) is 0. The number of amides is 1. The largest absolute Gasteiger partial charge is 0.397 e. The molecule has 0 bridgehead atoms. The molecule has 37 heavy (non-hydrogen) atoms. The molecule has 2 fully saturated rings. The molecule has 1 aliphatic heterocycles. The van der Waals surface area contributed by atoms with Gasteiger partial charge in [0.05, 0.1) is 41.4 Å². The number of benzene rings is 1. The van der Waals surface area contributed by atoms with Gasteiger partial charge >= 0.3 is 0 Å². The van der Waals surface area contributed by atoms with E-state index in [9.17, 15) is 15.0 Å². The minimum Gasteiger partial charge on any atom is -0.397 e. The number of piperidine rings is 1. The zero-order valence-electron chi connectivity index (χ0n) is 21.3. The van der Waals surface area contributed by atoms with E-state index in [-0.39, 0.29) is 25.7 Å². The molecule has 8 N–H and O–H groups in total. The van der Waals surface area contributed by atoms with Crippen LogP contribution >= 0.6 is 11.9 Å². The molecule has 1 saturated carbocycles. The zero-order valence-corrected chi connectivity index (χ0v) is 22.1. The summed E-state index contributed by atoms with van der Waals surface area (Å²) >= 11 is 1.33. The lowest BCUT2D eigenvalue weighted by Gasteiger charge is -2.35. The minimum atomic E-state index is -0.757. The van der Waals surface area contributed by atoms with Crippen molar-refractivity contribution in [2.24, 2.45) is 5.41 Å². The van der Waals surface area contributed by atoms with Gasteiger partial charge in [0, 0.05) is 38.1 Å². The highest BCUT2D eigenvalue weighted by Gasteiger charge is 2.44. The molecule has 4 rings (SSSR count). The van der Waals surface area contributed by atoms with Crippen molar-refractivity contribution in [1.29, 1.82) is 0 Å². The number of anilines is 4. The number of carbonyl (C=O) groups excluding carboxylic acids is 1. The SMILES string of the molecule is CC(CO)(CCO)Nc1cc(NC(=O)c2cnc(SNCCO)cc2N2CCC3(CC2)CC3)ccc1N. The van der Waals surface area contributed by atoms with Crippen molar-refractivity contribution in [3.8, 4) is 0 Å². The first-order valence-electron chi connectivity index (χ1n) is 12.8. The van der Waals surface area contributed by atoms with Gasteiger partial charge in [0.2, 0.25) is 0 Å². The number of carbonyl (C=O) groups is 1. The van der Waals surface area contributed by atoms with Gasteiger partial charge in [-0.1, -0.05) is 0 Å². The van der Waals surface area contributed by atoms with E-state index >= 15 is 0 Å². The second kappa shape index (κ2) is 11.9. The summed E-state index contributed by atoms with van der Waals surface area (Å²) in [5, 5.41) is 35.1. The van der Waals surface area contributed by atoms with Gasteiger partial charge in [0.25, 0.3) is 5.91 Å². The van der Waals surface area contributed by atoms with Crippen LogP contribution < -0.4 is 26.0 Å². The summed E-state index contributed by atoms with van der Waals surface area (Å²) in [6.07, 6.45) is 6.81. The van der Waals surface area contributed by atoms with Gasteiger partial charge in [-0.3, -0.25) is 9.52 Å². The Kier molecular flexibility index (Phi) is 8.81. The van der Waals surface area contributed by atoms with Crippen LogP contribution in [0, 0.1) is 5.41 Å². The van der Waals surface area contributed by atoms with E-state index in [0.29, 0.717) is 41.0 Å². The van der Waals surface area contributed by atoms with Gasteiger partial charge in [0.15, 0.2) is 0 Å². The summed E-state index contributed by atoms with van der Waals surface area (Å²) in [4.78, 5) is 20.2. The van der Waals surface area contributed by atoms with E-state index in [2.05, 4.69) is 25.2 Å². The third-order valence-corrected chi connectivity index (χ3v) is 8.16. The maximum atomic E-state index is 13.5. The van der Waals surface area contributed by atoms with E-state index in [0.717, 1.165) is 36.6 Å². The van der Waals surface area contributed by atoms with Crippen LogP contribution in [0.1, 0.15) is 49.4 Å². The number of hydrogen-bond acceptors (Lipinski definition) is 10. The van der Waals surface area contributed by atoms with Gasteiger partial charge in [-0.15, -0.1) is 0 Å². The number of rotatable bonds is 12. The predicted molar refractivity (Wildman–Crippen MR) is 148 cm³/mol. The highest BCUT2D eigenvalue weighted by atomic mass is 32.2. The van der Waals surface area contributed by atoms with Crippen molar-refractivity contribution in [2.75, 3.05) is 60.7 Å². The van der Waals surface area contributed by atoms with Gasteiger partial charge in [-0.2, -0.15) is 0 Å². The Morgan fingerprint density at radius 1 is 1.16 bits per heavy atom. The molecule has 0 radical (unpaired) electrons. The zero-order chi connectivity index (χ0) is 26.5. The fourth-order valence-corrected chi connectivity index (χ4v) is 5.30. The van der Waals surface area contributed by atoms with Gasteiger partial charge in [-0.05, 0) is 80.7 Å². The third kappa shape index (κ3) is 6.85. The first-order valence-corrected chi connectivity index (χ1v) is 13.6. The van der Waals surface area contributed by atoms with Crippen LogP contribution in [0.5, 0.6) is 0 Å². The number of nitrogen functional groups attached to an aromatic ring is 1. The Morgan fingerprint density at radius 3 is 2.57 bits per heavy atom. The van der Waals surface area contributed by atoms with Gasteiger partial charge in [-0.25, -0.2) is 4.98 Å². The first kappa shape index (κ1) is 27.5. The standard InChI is InChI=1S/C26H38N6O4S/c1-25(17-35,8-12-33)31-21-14-18(2-3-20(21)27)30-24(36)19-16-28-23(37-29-9-13-34)15-22(19)32-10-6-26(4-5-26)7-11-32/h2-3,14-16,29,31,33-35H,4-13,17,27H2,1H3,(H,30,36). The molecule has 2 aromatic rings. The Balaban J connectivity index is 1.54. The topological polar surface area (TPSA) is 156 Å². The number of pyridine rings is 1. The van der Waals surface area contributed by atoms with Gasteiger partial charge in [0.1, 0.15) is 5.03 Å². The Hall–Kier alpha value is -2.57. The average Bonchev–Trinajstić information content (AvgIpc) is 3.65. The van der Waals surface area contributed by atoms with Crippen LogP contribution in [0.25, 0.3) is 0 Å². The molecule has 1 atom stereocenters. The second-order valence-electron chi connectivity index (χ2n) is 10.3. The predicted octanol–water partition coefficient (Wildman–Crippen LogP) is 2.43. The van der Waals surface area contributed by atoms with Crippen molar-refractivity contribution >= 4 is 40.6 Å². The number of nitrogens with two attached hydrogens (primary N) is 1. The molecule has 11 heteroatoms. The lowest BCUT2D eigenvalue weighted by molar-refractivity contribution is 0.102. The fourth-order valence-electron chi connectivity index (χ4n) is 4.68. The average molecular weight is 531 g/mol. The molecule has 202 valence electrons. The number of aliphatic hydroxyl groups is 3. The molecule has 10 nitrogen and oxygen atoms in total. The molecular formula is C26H38N6O4S. The quantitative estimate of drug-likeness (QED) is 0.124. The van der Waals surface area contributed by atoms with E-state index in [4.69, 9.17) is 10.8 Å². The second-order valence-corrected chi connectivity index (χ2v) is 11.2. The third-order valence-electron chi connectivity index (χ3n) is 7.37. The molecule has 2 aliphatic rings. The van der Waals surface area contributed by atoms with E-state index in [1.807, 2.05) is 6.07 Å². The summed E-state index contributed by atoms with van der Waals surface area (Å²) in [5.41, 5.74) is 8.82. The molecule has 1 amide bonds. The fraction of sp³-hybridized carbons (Fsp3) is 0.538.